The van der Waals surface area contributed by atoms with E-state index in [9.17, 15) is 4.39 Å². The minimum absolute atomic E-state index is 0.184. The van der Waals surface area contributed by atoms with Crippen molar-refractivity contribution in [2.24, 2.45) is 5.92 Å². The molecular weight excluding hydrogens is 189 g/mol. The summed E-state index contributed by atoms with van der Waals surface area (Å²) in [5.41, 5.74) is 0. The third-order valence-electron chi connectivity index (χ3n) is 2.73. The number of hydrogen-bond acceptors (Lipinski definition) is 1. The summed E-state index contributed by atoms with van der Waals surface area (Å²) in [6.45, 7) is 3.03. The van der Waals surface area contributed by atoms with Crippen molar-refractivity contribution in [2.45, 2.75) is 25.7 Å². The second-order valence-corrected chi connectivity index (χ2v) is 4.21. The van der Waals surface area contributed by atoms with Crippen molar-refractivity contribution >= 4 is 11.6 Å². The fourth-order valence-electron chi connectivity index (χ4n) is 2.03. The molecule has 0 amide bonds. The van der Waals surface area contributed by atoms with Crippen LogP contribution in [0.3, 0.4) is 0 Å². The highest BCUT2D eigenvalue weighted by atomic mass is 35.5. The average Bonchev–Trinajstić information content (AvgIpc) is 2.16. The zero-order chi connectivity index (χ0) is 9.52. The zero-order valence-electron chi connectivity index (χ0n) is 8.14. The van der Waals surface area contributed by atoms with Gasteiger partial charge in [0.05, 0.1) is 6.67 Å². The van der Waals surface area contributed by atoms with Crippen LogP contribution in [0.25, 0.3) is 0 Å². The van der Waals surface area contributed by atoms with E-state index in [-0.39, 0.29) is 6.67 Å². The van der Waals surface area contributed by atoms with Gasteiger partial charge in [0, 0.05) is 19.0 Å². The lowest BCUT2D eigenvalue weighted by Crippen LogP contribution is -2.36. The molecule has 1 fully saturated rings. The SMILES string of the molecule is FCCCN1CCCC(CCCl)C1. The van der Waals surface area contributed by atoms with Crippen LogP contribution < -0.4 is 0 Å². The van der Waals surface area contributed by atoms with Gasteiger partial charge in [-0.05, 0) is 38.1 Å². The van der Waals surface area contributed by atoms with E-state index in [2.05, 4.69) is 4.90 Å². The van der Waals surface area contributed by atoms with E-state index in [0.717, 1.165) is 37.9 Å². The first-order valence-electron chi connectivity index (χ1n) is 5.21. The molecule has 0 aliphatic carbocycles. The minimum atomic E-state index is -0.184. The predicted octanol–water partition coefficient (Wildman–Crippen LogP) is 2.69. The number of alkyl halides is 2. The Morgan fingerprint density at radius 1 is 1.46 bits per heavy atom. The third-order valence-corrected chi connectivity index (χ3v) is 2.95. The van der Waals surface area contributed by atoms with Crippen LogP contribution in [-0.2, 0) is 0 Å². The van der Waals surface area contributed by atoms with Crippen molar-refractivity contribution in [3.8, 4) is 0 Å². The largest absolute Gasteiger partial charge is 0.303 e. The first-order chi connectivity index (χ1) is 6.36. The van der Waals surface area contributed by atoms with Crippen molar-refractivity contribution in [1.82, 2.24) is 4.90 Å². The maximum atomic E-state index is 11.9. The lowest BCUT2D eigenvalue weighted by Gasteiger charge is -2.32. The van der Waals surface area contributed by atoms with Crippen LogP contribution in [0.1, 0.15) is 25.7 Å². The lowest BCUT2D eigenvalue weighted by molar-refractivity contribution is 0.166. The zero-order valence-corrected chi connectivity index (χ0v) is 8.90. The summed E-state index contributed by atoms with van der Waals surface area (Å²) in [4.78, 5) is 2.38. The molecule has 0 aromatic carbocycles. The Hall–Kier alpha value is 0.180. The number of likely N-dealkylation sites (tertiary alicyclic amines) is 1. The highest BCUT2D eigenvalue weighted by Crippen LogP contribution is 2.19. The summed E-state index contributed by atoms with van der Waals surface area (Å²) in [6.07, 6.45) is 4.37. The Morgan fingerprint density at radius 2 is 2.31 bits per heavy atom. The average molecular weight is 208 g/mol. The Kier molecular flexibility index (Phi) is 5.72. The molecule has 0 saturated carbocycles. The second-order valence-electron chi connectivity index (χ2n) is 3.83. The summed E-state index contributed by atoms with van der Waals surface area (Å²) in [7, 11) is 0. The summed E-state index contributed by atoms with van der Waals surface area (Å²) in [6, 6.07) is 0. The van der Waals surface area contributed by atoms with E-state index in [1.165, 1.54) is 12.8 Å². The molecule has 1 aliphatic rings. The van der Waals surface area contributed by atoms with Crippen molar-refractivity contribution in [2.75, 3.05) is 32.2 Å². The molecule has 1 aliphatic heterocycles. The fourth-order valence-corrected chi connectivity index (χ4v) is 2.34. The maximum Gasteiger partial charge on any atom is 0.0906 e. The van der Waals surface area contributed by atoms with Crippen molar-refractivity contribution in [1.29, 1.82) is 0 Å². The number of halogens is 2. The molecule has 1 nitrogen and oxygen atoms in total. The normalized spacial score (nSPS) is 24.9. The van der Waals surface area contributed by atoms with E-state index in [4.69, 9.17) is 11.6 Å². The van der Waals surface area contributed by atoms with Gasteiger partial charge in [-0.25, -0.2) is 0 Å². The van der Waals surface area contributed by atoms with Gasteiger partial charge >= 0.3 is 0 Å². The maximum absolute atomic E-state index is 11.9. The highest BCUT2D eigenvalue weighted by Gasteiger charge is 2.18. The van der Waals surface area contributed by atoms with Crippen LogP contribution in [0.2, 0.25) is 0 Å². The molecule has 1 atom stereocenters. The lowest BCUT2D eigenvalue weighted by atomic mass is 9.95. The van der Waals surface area contributed by atoms with Gasteiger partial charge in [0.25, 0.3) is 0 Å². The third kappa shape index (κ3) is 4.28. The van der Waals surface area contributed by atoms with Gasteiger partial charge in [0.2, 0.25) is 0 Å². The molecule has 0 N–H and O–H groups in total. The van der Waals surface area contributed by atoms with Gasteiger partial charge in [0.1, 0.15) is 0 Å². The molecule has 0 spiro atoms. The molecule has 78 valence electrons. The van der Waals surface area contributed by atoms with Crippen LogP contribution in [0.15, 0.2) is 0 Å². The first-order valence-corrected chi connectivity index (χ1v) is 5.74. The molecular formula is C10H19ClFN. The van der Waals surface area contributed by atoms with Crippen LogP contribution in [0.5, 0.6) is 0 Å². The molecule has 1 saturated heterocycles. The number of piperidine rings is 1. The first kappa shape index (κ1) is 11.3. The molecule has 0 radical (unpaired) electrons. The Labute approximate surface area is 85.2 Å². The van der Waals surface area contributed by atoms with Gasteiger partial charge < -0.3 is 4.90 Å². The van der Waals surface area contributed by atoms with Gasteiger partial charge in [-0.3, -0.25) is 4.39 Å². The molecule has 1 rings (SSSR count). The Balaban J connectivity index is 2.16. The van der Waals surface area contributed by atoms with E-state index < -0.39 is 0 Å². The minimum Gasteiger partial charge on any atom is -0.303 e. The highest BCUT2D eigenvalue weighted by molar-refractivity contribution is 6.17. The summed E-state index contributed by atoms with van der Waals surface area (Å²) in [5.74, 6) is 1.52. The fraction of sp³-hybridized carbons (Fsp3) is 1.00. The van der Waals surface area contributed by atoms with E-state index >= 15 is 0 Å². The topological polar surface area (TPSA) is 3.24 Å². The number of hydrogen-bond donors (Lipinski definition) is 0. The van der Waals surface area contributed by atoms with E-state index in [1.807, 2.05) is 0 Å². The van der Waals surface area contributed by atoms with Gasteiger partial charge in [0.15, 0.2) is 0 Å². The van der Waals surface area contributed by atoms with Gasteiger partial charge in [-0.2, -0.15) is 0 Å². The van der Waals surface area contributed by atoms with E-state index in [1.54, 1.807) is 0 Å². The van der Waals surface area contributed by atoms with Crippen molar-refractivity contribution in [3.05, 3.63) is 0 Å². The Morgan fingerprint density at radius 3 is 3.00 bits per heavy atom. The van der Waals surface area contributed by atoms with E-state index in [0.29, 0.717) is 6.42 Å². The molecule has 0 aromatic rings. The smallest absolute Gasteiger partial charge is 0.0906 e. The van der Waals surface area contributed by atoms with Crippen molar-refractivity contribution in [3.63, 3.8) is 0 Å². The van der Waals surface area contributed by atoms with Crippen LogP contribution >= 0.6 is 11.6 Å². The quantitative estimate of drug-likeness (QED) is 0.627. The molecule has 3 heteroatoms. The van der Waals surface area contributed by atoms with Crippen LogP contribution in [0, 0.1) is 5.92 Å². The van der Waals surface area contributed by atoms with Gasteiger partial charge in [-0.1, -0.05) is 0 Å². The number of nitrogens with zero attached hydrogens (tertiary/aromatic N) is 1. The standard InChI is InChI=1S/C10H19ClFN/c11-5-4-10-3-1-7-13(9-10)8-2-6-12/h10H,1-9H2. The van der Waals surface area contributed by atoms with Crippen molar-refractivity contribution < 1.29 is 4.39 Å². The molecule has 1 heterocycles. The molecule has 1 unspecified atom stereocenters. The molecule has 13 heavy (non-hydrogen) atoms. The summed E-state index contributed by atoms with van der Waals surface area (Å²) >= 11 is 5.71. The van der Waals surface area contributed by atoms with Crippen LogP contribution in [-0.4, -0.2) is 37.1 Å². The monoisotopic (exact) mass is 207 g/mol. The van der Waals surface area contributed by atoms with Crippen LogP contribution in [0.4, 0.5) is 4.39 Å². The summed E-state index contributed by atoms with van der Waals surface area (Å²) in [5, 5.41) is 0. The summed E-state index contributed by atoms with van der Waals surface area (Å²) < 4.78 is 11.9. The number of rotatable bonds is 5. The molecule has 0 bridgehead atoms. The second kappa shape index (κ2) is 6.61. The predicted molar refractivity (Wildman–Crippen MR) is 55.1 cm³/mol. The Bertz CT molecular complexity index is 130. The molecule has 0 aromatic heterocycles. The van der Waals surface area contributed by atoms with Gasteiger partial charge in [-0.15, -0.1) is 11.6 Å².